The summed E-state index contributed by atoms with van der Waals surface area (Å²) in [7, 11) is 1.62. The minimum absolute atomic E-state index is 0.358. The van der Waals surface area contributed by atoms with Crippen molar-refractivity contribution in [3.63, 3.8) is 0 Å². The molecule has 3 rings (SSSR count). The van der Waals surface area contributed by atoms with Crippen LogP contribution in [0.4, 0.5) is 5.69 Å². The van der Waals surface area contributed by atoms with Crippen molar-refractivity contribution in [1.82, 2.24) is 4.98 Å². The number of anilines is 1. The lowest BCUT2D eigenvalue weighted by Crippen LogP contribution is -2.33. The predicted octanol–water partition coefficient (Wildman–Crippen LogP) is 2.41. The summed E-state index contributed by atoms with van der Waals surface area (Å²) in [5.41, 5.74) is 2.05. The molecule has 4 heteroatoms. The van der Waals surface area contributed by atoms with Gasteiger partial charge in [-0.3, -0.25) is 4.79 Å². The van der Waals surface area contributed by atoms with E-state index < -0.39 is 0 Å². The number of hydrogen-bond acceptors (Lipinski definition) is 4. The molecule has 1 aliphatic rings. The molecule has 1 aromatic carbocycles. The van der Waals surface area contributed by atoms with Gasteiger partial charge in [0.2, 0.25) is 5.88 Å². The highest BCUT2D eigenvalue weighted by Crippen LogP contribution is 2.24. The minimum atomic E-state index is 0.358. The highest BCUT2D eigenvalue weighted by molar-refractivity contribution is 5.84. The summed E-state index contributed by atoms with van der Waals surface area (Å²) in [6, 6.07) is 10.1. The number of hydrogen-bond donors (Lipinski definition) is 0. The highest BCUT2D eigenvalue weighted by Gasteiger charge is 2.16. The van der Waals surface area contributed by atoms with Crippen LogP contribution in [-0.4, -0.2) is 31.0 Å². The zero-order valence-electron chi connectivity index (χ0n) is 10.9. The number of methoxy groups -OCH3 is 1. The molecule has 1 aliphatic heterocycles. The summed E-state index contributed by atoms with van der Waals surface area (Å²) in [6.45, 7) is 1.60. The van der Waals surface area contributed by atoms with Crippen LogP contribution < -0.4 is 9.64 Å². The quantitative estimate of drug-likeness (QED) is 0.827. The SMILES string of the molecule is COc1ccc2ccc(N3CCC(=O)CC3)cc2n1. The van der Waals surface area contributed by atoms with E-state index in [1.54, 1.807) is 7.11 Å². The molecule has 98 valence electrons. The van der Waals surface area contributed by atoms with E-state index in [4.69, 9.17) is 4.74 Å². The van der Waals surface area contributed by atoms with Gasteiger partial charge in [0.15, 0.2) is 0 Å². The summed E-state index contributed by atoms with van der Waals surface area (Å²) >= 11 is 0. The highest BCUT2D eigenvalue weighted by atomic mass is 16.5. The van der Waals surface area contributed by atoms with Crippen LogP contribution in [0.25, 0.3) is 10.9 Å². The second-order valence-corrected chi connectivity index (χ2v) is 4.76. The number of ether oxygens (including phenoxy) is 1. The van der Waals surface area contributed by atoms with E-state index in [1.807, 2.05) is 12.1 Å². The molecule has 0 radical (unpaired) electrons. The van der Waals surface area contributed by atoms with Crippen LogP contribution >= 0.6 is 0 Å². The zero-order chi connectivity index (χ0) is 13.2. The fraction of sp³-hybridized carbons (Fsp3) is 0.333. The van der Waals surface area contributed by atoms with E-state index >= 15 is 0 Å². The topological polar surface area (TPSA) is 42.4 Å². The third-order valence-electron chi connectivity index (χ3n) is 3.55. The fourth-order valence-corrected chi connectivity index (χ4v) is 2.41. The molecule has 0 unspecified atom stereocenters. The molecule has 0 bridgehead atoms. The number of aromatic nitrogens is 1. The smallest absolute Gasteiger partial charge is 0.213 e. The first kappa shape index (κ1) is 12.0. The largest absolute Gasteiger partial charge is 0.481 e. The van der Waals surface area contributed by atoms with Gasteiger partial charge in [-0.2, -0.15) is 0 Å². The first-order valence-electron chi connectivity index (χ1n) is 6.48. The number of Topliss-reactive ketones (excluding diaryl/α,β-unsaturated/α-hetero) is 1. The van der Waals surface area contributed by atoms with Crippen LogP contribution in [0.2, 0.25) is 0 Å². The van der Waals surface area contributed by atoms with Gasteiger partial charge in [-0.15, -0.1) is 0 Å². The molecule has 0 aliphatic carbocycles. The second-order valence-electron chi connectivity index (χ2n) is 4.76. The first-order chi connectivity index (χ1) is 9.26. The molecule has 19 heavy (non-hydrogen) atoms. The number of fused-ring (bicyclic) bond motifs is 1. The van der Waals surface area contributed by atoms with Crippen LogP contribution in [-0.2, 0) is 4.79 Å². The molecule has 0 N–H and O–H groups in total. The van der Waals surface area contributed by atoms with E-state index in [1.165, 1.54) is 0 Å². The van der Waals surface area contributed by atoms with Crippen molar-refractivity contribution in [2.45, 2.75) is 12.8 Å². The molecule has 0 spiro atoms. The lowest BCUT2D eigenvalue weighted by molar-refractivity contribution is -0.119. The second kappa shape index (κ2) is 4.88. The van der Waals surface area contributed by atoms with Crippen molar-refractivity contribution in [1.29, 1.82) is 0 Å². The fourth-order valence-electron chi connectivity index (χ4n) is 2.41. The Bertz CT molecular complexity index is 615. The third-order valence-corrected chi connectivity index (χ3v) is 3.55. The molecular weight excluding hydrogens is 240 g/mol. The van der Waals surface area contributed by atoms with Crippen LogP contribution in [0.1, 0.15) is 12.8 Å². The zero-order valence-corrected chi connectivity index (χ0v) is 10.9. The van der Waals surface area contributed by atoms with Crippen molar-refractivity contribution < 1.29 is 9.53 Å². The number of ketones is 1. The molecule has 1 saturated heterocycles. The standard InChI is InChI=1S/C15H16N2O2/c1-19-15-5-3-11-2-4-12(10-14(11)16-15)17-8-6-13(18)7-9-17/h2-5,10H,6-9H2,1H3. The Morgan fingerprint density at radius 1 is 1.16 bits per heavy atom. The van der Waals surface area contributed by atoms with Gasteiger partial charge in [0.05, 0.1) is 12.6 Å². The van der Waals surface area contributed by atoms with E-state index in [9.17, 15) is 4.79 Å². The molecule has 0 atom stereocenters. The first-order valence-corrected chi connectivity index (χ1v) is 6.48. The molecular formula is C15H16N2O2. The lowest BCUT2D eigenvalue weighted by atomic mass is 10.1. The molecule has 0 amide bonds. The maximum Gasteiger partial charge on any atom is 0.213 e. The van der Waals surface area contributed by atoms with Gasteiger partial charge in [0, 0.05) is 43.1 Å². The predicted molar refractivity (Wildman–Crippen MR) is 74.7 cm³/mol. The number of benzene rings is 1. The van der Waals surface area contributed by atoms with Gasteiger partial charge < -0.3 is 9.64 Å². The number of piperidine rings is 1. The van der Waals surface area contributed by atoms with Crippen LogP contribution in [0, 0.1) is 0 Å². The van der Waals surface area contributed by atoms with Crippen LogP contribution in [0.3, 0.4) is 0 Å². The van der Waals surface area contributed by atoms with E-state index in [0.717, 1.165) is 29.7 Å². The molecule has 4 nitrogen and oxygen atoms in total. The number of carbonyl (C=O) groups excluding carboxylic acids is 1. The average molecular weight is 256 g/mol. The van der Waals surface area contributed by atoms with E-state index in [2.05, 4.69) is 28.1 Å². The summed E-state index contributed by atoms with van der Waals surface area (Å²) in [5.74, 6) is 0.982. The normalized spacial score (nSPS) is 15.8. The Labute approximate surface area is 112 Å². The van der Waals surface area contributed by atoms with E-state index in [0.29, 0.717) is 24.5 Å². The van der Waals surface area contributed by atoms with Crippen molar-refractivity contribution in [2.24, 2.45) is 0 Å². The van der Waals surface area contributed by atoms with Gasteiger partial charge in [-0.1, -0.05) is 6.07 Å². The molecule has 1 fully saturated rings. The van der Waals surface area contributed by atoms with Gasteiger partial charge in [-0.05, 0) is 18.2 Å². The molecule has 0 saturated carbocycles. The van der Waals surface area contributed by atoms with Crippen molar-refractivity contribution in [2.75, 3.05) is 25.1 Å². The van der Waals surface area contributed by atoms with Gasteiger partial charge in [0.1, 0.15) is 5.78 Å². The monoisotopic (exact) mass is 256 g/mol. The van der Waals surface area contributed by atoms with Crippen molar-refractivity contribution in [3.8, 4) is 5.88 Å². The van der Waals surface area contributed by atoms with Crippen molar-refractivity contribution in [3.05, 3.63) is 30.3 Å². The maximum absolute atomic E-state index is 11.3. The van der Waals surface area contributed by atoms with Gasteiger partial charge in [0.25, 0.3) is 0 Å². The summed E-state index contributed by atoms with van der Waals surface area (Å²) in [6.07, 6.45) is 1.28. The Morgan fingerprint density at radius 3 is 2.63 bits per heavy atom. The molecule has 2 aromatic rings. The number of rotatable bonds is 2. The maximum atomic E-state index is 11.3. The Kier molecular flexibility index (Phi) is 3.07. The lowest BCUT2D eigenvalue weighted by Gasteiger charge is -2.28. The van der Waals surface area contributed by atoms with Crippen molar-refractivity contribution >= 4 is 22.4 Å². The molecule has 1 aromatic heterocycles. The number of pyridine rings is 1. The number of carbonyl (C=O) groups is 1. The van der Waals surface area contributed by atoms with E-state index in [-0.39, 0.29) is 0 Å². The third kappa shape index (κ3) is 2.38. The average Bonchev–Trinajstić information content (AvgIpc) is 2.47. The Morgan fingerprint density at radius 2 is 1.89 bits per heavy atom. The number of nitrogens with zero attached hydrogens (tertiary/aromatic N) is 2. The Balaban J connectivity index is 1.93. The summed E-state index contributed by atoms with van der Waals surface area (Å²) in [4.78, 5) is 18.0. The Hall–Kier alpha value is -2.10. The minimum Gasteiger partial charge on any atom is -0.481 e. The summed E-state index contributed by atoms with van der Waals surface area (Å²) in [5, 5.41) is 1.10. The summed E-state index contributed by atoms with van der Waals surface area (Å²) < 4.78 is 5.15. The molecule has 2 heterocycles. The van der Waals surface area contributed by atoms with Gasteiger partial charge >= 0.3 is 0 Å². The van der Waals surface area contributed by atoms with Crippen LogP contribution in [0.5, 0.6) is 5.88 Å². The van der Waals surface area contributed by atoms with Gasteiger partial charge in [-0.25, -0.2) is 4.98 Å². The van der Waals surface area contributed by atoms with Crippen LogP contribution in [0.15, 0.2) is 30.3 Å².